The fourth-order valence-corrected chi connectivity index (χ4v) is 3.46. The predicted octanol–water partition coefficient (Wildman–Crippen LogP) is 4.41. The molecule has 1 N–H and O–H groups in total. The van der Waals surface area contributed by atoms with Gasteiger partial charge in [-0.25, -0.2) is 0 Å². The van der Waals surface area contributed by atoms with Crippen molar-refractivity contribution in [1.29, 1.82) is 0 Å². The van der Waals surface area contributed by atoms with Crippen molar-refractivity contribution in [1.82, 2.24) is 5.32 Å². The van der Waals surface area contributed by atoms with E-state index in [-0.39, 0.29) is 24.2 Å². The second-order valence-corrected chi connectivity index (χ2v) is 7.72. The van der Waals surface area contributed by atoms with Gasteiger partial charge >= 0.3 is 0 Å². The monoisotopic (exact) mass is 353 g/mol. The van der Waals surface area contributed by atoms with Gasteiger partial charge in [-0.1, -0.05) is 24.3 Å². The molecule has 26 heavy (non-hydrogen) atoms. The number of aryl methyl sites for hydroxylation is 2. The molecule has 0 aliphatic carbocycles. The van der Waals surface area contributed by atoms with Crippen LogP contribution in [0, 0.1) is 20.8 Å². The largest absolute Gasteiger partial charge is 0.487 e. The fourth-order valence-electron chi connectivity index (χ4n) is 3.46. The van der Waals surface area contributed by atoms with E-state index in [9.17, 15) is 4.79 Å². The summed E-state index contributed by atoms with van der Waals surface area (Å²) in [4.78, 5) is 12.5. The number of ether oxygens (including phenoxy) is 2. The third-order valence-electron chi connectivity index (χ3n) is 4.83. The van der Waals surface area contributed by atoms with Gasteiger partial charge in [-0.05, 0) is 63.4 Å². The highest BCUT2D eigenvalue weighted by Crippen LogP contribution is 2.39. The average Bonchev–Trinajstić information content (AvgIpc) is 2.55. The molecule has 1 heterocycles. The van der Waals surface area contributed by atoms with E-state index >= 15 is 0 Å². The number of hydrogen-bond acceptors (Lipinski definition) is 3. The van der Waals surface area contributed by atoms with Crippen molar-refractivity contribution in [3.05, 3.63) is 58.7 Å². The second-order valence-electron chi connectivity index (χ2n) is 7.72. The van der Waals surface area contributed by atoms with Crippen molar-refractivity contribution in [2.45, 2.75) is 52.7 Å². The van der Waals surface area contributed by atoms with E-state index in [0.717, 1.165) is 34.6 Å². The van der Waals surface area contributed by atoms with Crippen LogP contribution in [-0.4, -0.2) is 18.1 Å². The fraction of sp³-hybridized carbons (Fsp3) is 0.409. The molecule has 1 amide bonds. The number of amides is 1. The normalized spacial score (nSPS) is 17.8. The second kappa shape index (κ2) is 7.02. The molecule has 1 aliphatic heterocycles. The highest BCUT2D eigenvalue weighted by atomic mass is 16.5. The van der Waals surface area contributed by atoms with Crippen molar-refractivity contribution < 1.29 is 14.3 Å². The van der Waals surface area contributed by atoms with Crippen molar-refractivity contribution in [3.63, 3.8) is 0 Å². The molecular formula is C22H27NO3. The van der Waals surface area contributed by atoms with E-state index in [2.05, 4.69) is 18.3 Å². The lowest BCUT2D eigenvalue weighted by Gasteiger charge is -2.37. The molecule has 0 bridgehead atoms. The first-order valence-electron chi connectivity index (χ1n) is 9.03. The van der Waals surface area contributed by atoms with E-state index < -0.39 is 0 Å². The molecule has 0 saturated heterocycles. The summed E-state index contributed by atoms with van der Waals surface area (Å²) in [6, 6.07) is 11.9. The molecule has 1 aliphatic rings. The zero-order valence-electron chi connectivity index (χ0n) is 16.2. The molecule has 1 unspecified atom stereocenters. The molecule has 2 aromatic rings. The Morgan fingerprint density at radius 2 is 1.96 bits per heavy atom. The van der Waals surface area contributed by atoms with Crippen molar-refractivity contribution in [3.8, 4) is 11.5 Å². The molecule has 2 aromatic carbocycles. The number of hydrogen-bond donors (Lipinski definition) is 1. The summed E-state index contributed by atoms with van der Waals surface area (Å²) in [6.07, 6.45) is 0.721. The van der Waals surface area contributed by atoms with E-state index in [1.165, 1.54) is 5.56 Å². The van der Waals surface area contributed by atoms with Gasteiger partial charge in [0.25, 0.3) is 5.91 Å². The van der Waals surface area contributed by atoms with Crippen molar-refractivity contribution in [2.24, 2.45) is 0 Å². The number of rotatable bonds is 4. The maximum absolute atomic E-state index is 12.5. The van der Waals surface area contributed by atoms with Crippen LogP contribution in [0.5, 0.6) is 11.5 Å². The summed E-state index contributed by atoms with van der Waals surface area (Å²) < 4.78 is 11.8. The van der Waals surface area contributed by atoms with Gasteiger partial charge in [-0.15, -0.1) is 0 Å². The van der Waals surface area contributed by atoms with Crippen LogP contribution in [0.15, 0.2) is 36.4 Å². The number of nitrogens with one attached hydrogen (secondary N) is 1. The molecular weight excluding hydrogens is 326 g/mol. The Hall–Kier alpha value is -2.49. The Morgan fingerprint density at radius 1 is 1.23 bits per heavy atom. The Labute approximate surface area is 155 Å². The number of benzene rings is 2. The summed E-state index contributed by atoms with van der Waals surface area (Å²) >= 11 is 0. The van der Waals surface area contributed by atoms with Crippen LogP contribution in [0.4, 0.5) is 0 Å². The lowest BCUT2D eigenvalue weighted by Crippen LogP contribution is -2.42. The molecule has 0 fully saturated rings. The smallest absolute Gasteiger partial charge is 0.258 e. The topological polar surface area (TPSA) is 47.6 Å². The van der Waals surface area contributed by atoms with Gasteiger partial charge in [0.05, 0.1) is 6.04 Å². The van der Waals surface area contributed by atoms with Crippen LogP contribution in [-0.2, 0) is 4.79 Å². The van der Waals surface area contributed by atoms with E-state index in [0.29, 0.717) is 0 Å². The van der Waals surface area contributed by atoms with Crippen molar-refractivity contribution >= 4 is 5.91 Å². The molecule has 0 saturated carbocycles. The third kappa shape index (κ3) is 4.01. The lowest BCUT2D eigenvalue weighted by atomic mass is 9.89. The first-order valence-corrected chi connectivity index (χ1v) is 9.03. The number of carbonyl (C=O) groups is 1. The number of para-hydroxylation sites is 1. The minimum atomic E-state index is -0.322. The SMILES string of the molecule is Cc1cc(C)c(C)c(OCC(=O)NC2CC(C)(C)Oc3ccccc32)c1. The van der Waals surface area contributed by atoms with Crippen LogP contribution in [0.25, 0.3) is 0 Å². The standard InChI is InChI=1S/C22H27NO3/c1-14-10-15(2)16(3)20(11-14)25-13-21(24)23-18-12-22(4,5)26-19-9-7-6-8-17(18)19/h6-11,18H,12-13H2,1-5H3,(H,23,24). The van der Waals surface area contributed by atoms with E-state index in [1.54, 1.807) is 0 Å². The first kappa shape index (κ1) is 18.3. The van der Waals surface area contributed by atoms with Gasteiger partial charge in [0.15, 0.2) is 6.61 Å². The maximum Gasteiger partial charge on any atom is 0.258 e. The van der Waals surface area contributed by atoms with E-state index in [4.69, 9.17) is 9.47 Å². The third-order valence-corrected chi connectivity index (χ3v) is 4.83. The van der Waals surface area contributed by atoms with Crippen molar-refractivity contribution in [2.75, 3.05) is 6.61 Å². The Kier molecular flexibility index (Phi) is 4.94. The summed E-state index contributed by atoms with van der Waals surface area (Å²) in [5, 5.41) is 3.11. The molecule has 4 heteroatoms. The number of carbonyl (C=O) groups excluding carboxylic acids is 1. The average molecular weight is 353 g/mol. The quantitative estimate of drug-likeness (QED) is 0.886. The Bertz CT molecular complexity index is 826. The van der Waals surface area contributed by atoms with E-state index in [1.807, 2.05) is 58.0 Å². The zero-order valence-corrected chi connectivity index (χ0v) is 16.2. The highest BCUT2D eigenvalue weighted by molar-refractivity contribution is 5.78. The molecule has 0 spiro atoms. The van der Waals surface area contributed by atoms with Crippen LogP contribution in [0.3, 0.4) is 0 Å². The highest BCUT2D eigenvalue weighted by Gasteiger charge is 2.34. The molecule has 0 aromatic heterocycles. The molecule has 138 valence electrons. The lowest BCUT2D eigenvalue weighted by molar-refractivity contribution is -0.124. The van der Waals surface area contributed by atoms with Gasteiger partial charge in [0.1, 0.15) is 17.1 Å². The zero-order chi connectivity index (χ0) is 18.9. The summed E-state index contributed by atoms with van der Waals surface area (Å²) in [6.45, 7) is 10.2. The molecule has 3 rings (SSSR count). The van der Waals surface area contributed by atoms with Gasteiger partial charge in [-0.2, -0.15) is 0 Å². The molecule has 0 radical (unpaired) electrons. The van der Waals surface area contributed by atoms with Gasteiger partial charge in [-0.3, -0.25) is 4.79 Å². The van der Waals surface area contributed by atoms with Gasteiger partial charge in [0, 0.05) is 12.0 Å². The predicted molar refractivity (Wildman–Crippen MR) is 103 cm³/mol. The van der Waals surface area contributed by atoms with Crippen LogP contribution in [0.2, 0.25) is 0 Å². The minimum absolute atomic E-state index is 0.00366. The van der Waals surface area contributed by atoms with Gasteiger partial charge in [0.2, 0.25) is 0 Å². The molecule has 1 atom stereocenters. The van der Waals surface area contributed by atoms with Gasteiger partial charge < -0.3 is 14.8 Å². The Morgan fingerprint density at radius 3 is 2.73 bits per heavy atom. The first-order chi connectivity index (χ1) is 12.2. The summed E-state index contributed by atoms with van der Waals surface area (Å²) in [5.41, 5.74) is 4.06. The van der Waals surface area contributed by atoms with Crippen LogP contribution in [0.1, 0.15) is 48.6 Å². The summed E-state index contributed by atoms with van der Waals surface area (Å²) in [7, 11) is 0. The van der Waals surface area contributed by atoms with Crippen LogP contribution < -0.4 is 14.8 Å². The maximum atomic E-state index is 12.5. The summed E-state index contributed by atoms with van der Waals surface area (Å²) in [5.74, 6) is 1.48. The molecule has 4 nitrogen and oxygen atoms in total. The number of fused-ring (bicyclic) bond motifs is 1. The Balaban J connectivity index is 1.69. The minimum Gasteiger partial charge on any atom is -0.487 e. The van der Waals surface area contributed by atoms with Crippen LogP contribution >= 0.6 is 0 Å².